The molecule has 1 aliphatic carbocycles. The van der Waals surface area contributed by atoms with Crippen molar-refractivity contribution in [1.29, 1.82) is 0 Å². The lowest BCUT2D eigenvalue weighted by atomic mass is 9.74. The first-order chi connectivity index (χ1) is 16.6. The van der Waals surface area contributed by atoms with Crippen molar-refractivity contribution in [3.63, 3.8) is 0 Å². The van der Waals surface area contributed by atoms with Crippen LogP contribution in [0.1, 0.15) is 37.8 Å². The van der Waals surface area contributed by atoms with Gasteiger partial charge in [0.1, 0.15) is 17.5 Å². The summed E-state index contributed by atoms with van der Waals surface area (Å²) in [4.78, 5) is 4.92. The molecule has 0 aliphatic heterocycles. The third-order valence-corrected chi connectivity index (χ3v) is 7.38. The van der Waals surface area contributed by atoms with Gasteiger partial charge in [-0.1, -0.05) is 56.3 Å². The largest absolute Gasteiger partial charge is 0.292 e. The molecule has 4 heteroatoms. The van der Waals surface area contributed by atoms with Gasteiger partial charge in [-0.2, -0.15) is 0 Å². The highest BCUT2D eigenvalue weighted by Crippen LogP contribution is 2.53. The molecule has 34 heavy (non-hydrogen) atoms. The lowest BCUT2D eigenvalue weighted by Gasteiger charge is -2.29. The molecule has 168 valence electrons. The van der Waals surface area contributed by atoms with E-state index in [1.165, 1.54) is 34.4 Å². The number of aromatic nitrogens is 2. The van der Waals surface area contributed by atoms with Gasteiger partial charge in [0.05, 0.1) is 11.0 Å². The fourth-order valence-electron chi connectivity index (χ4n) is 5.75. The molecule has 0 amide bonds. The normalized spacial score (nSPS) is 13.8. The first-order valence-corrected chi connectivity index (χ1v) is 11.7. The topological polar surface area (TPSA) is 17.8 Å². The van der Waals surface area contributed by atoms with Gasteiger partial charge in [0.25, 0.3) is 0 Å². The second-order valence-corrected chi connectivity index (χ2v) is 8.99. The van der Waals surface area contributed by atoms with E-state index in [4.69, 9.17) is 4.98 Å². The zero-order valence-electron chi connectivity index (χ0n) is 19.1. The van der Waals surface area contributed by atoms with Gasteiger partial charge in [0, 0.05) is 22.7 Å². The van der Waals surface area contributed by atoms with Gasteiger partial charge in [-0.15, -0.1) is 0 Å². The Morgan fingerprint density at radius 2 is 1.41 bits per heavy atom. The number of nitrogens with zero attached hydrogens (tertiary/aromatic N) is 2. The highest BCUT2D eigenvalue weighted by molar-refractivity contribution is 5.93. The Labute approximate surface area is 197 Å². The average Bonchev–Trinajstić information content (AvgIpc) is 3.36. The van der Waals surface area contributed by atoms with Crippen LogP contribution < -0.4 is 0 Å². The zero-order valence-corrected chi connectivity index (χ0v) is 19.1. The number of fused-ring (bicyclic) bond motifs is 4. The first kappa shape index (κ1) is 20.8. The van der Waals surface area contributed by atoms with Crippen molar-refractivity contribution in [2.45, 2.75) is 32.1 Å². The van der Waals surface area contributed by atoms with E-state index >= 15 is 0 Å². The molecule has 0 N–H and O–H groups in total. The minimum atomic E-state index is -0.617. The van der Waals surface area contributed by atoms with Crippen LogP contribution in [-0.2, 0) is 5.41 Å². The summed E-state index contributed by atoms with van der Waals surface area (Å²) in [7, 11) is 0. The number of hydrogen-bond donors (Lipinski definition) is 0. The summed E-state index contributed by atoms with van der Waals surface area (Å²) < 4.78 is 30.4. The number of para-hydroxylation sites is 1. The SMILES string of the molecule is CCC1(CC)c2ccccc2-c2cc3nc(-c4cc(F)cc(F)c4)n(-c4ccccc4)c3cc21. The van der Waals surface area contributed by atoms with Gasteiger partial charge < -0.3 is 0 Å². The number of halogens is 2. The number of hydrogen-bond acceptors (Lipinski definition) is 1. The molecule has 0 spiro atoms. The molecule has 0 radical (unpaired) electrons. The minimum Gasteiger partial charge on any atom is -0.292 e. The van der Waals surface area contributed by atoms with Gasteiger partial charge in [-0.3, -0.25) is 4.57 Å². The first-order valence-electron chi connectivity index (χ1n) is 11.7. The van der Waals surface area contributed by atoms with Crippen molar-refractivity contribution in [2.75, 3.05) is 0 Å². The maximum Gasteiger partial charge on any atom is 0.145 e. The average molecular weight is 451 g/mol. The van der Waals surface area contributed by atoms with E-state index in [0.29, 0.717) is 11.4 Å². The van der Waals surface area contributed by atoms with Crippen molar-refractivity contribution >= 4 is 11.0 Å². The van der Waals surface area contributed by atoms with Gasteiger partial charge in [-0.05, 0) is 71.5 Å². The molecular weight excluding hydrogens is 426 g/mol. The summed E-state index contributed by atoms with van der Waals surface area (Å²) in [6.45, 7) is 4.49. The third-order valence-electron chi connectivity index (χ3n) is 7.38. The third kappa shape index (κ3) is 2.88. The molecule has 4 aromatic carbocycles. The van der Waals surface area contributed by atoms with Gasteiger partial charge in [0.15, 0.2) is 0 Å². The maximum atomic E-state index is 14.2. The quantitative estimate of drug-likeness (QED) is 0.271. The Morgan fingerprint density at radius 3 is 2.12 bits per heavy atom. The van der Waals surface area contributed by atoms with Crippen molar-refractivity contribution in [3.8, 4) is 28.2 Å². The van der Waals surface area contributed by atoms with Gasteiger partial charge >= 0.3 is 0 Å². The molecule has 6 rings (SSSR count). The molecule has 2 nitrogen and oxygen atoms in total. The van der Waals surface area contributed by atoms with E-state index in [0.717, 1.165) is 35.6 Å². The summed E-state index contributed by atoms with van der Waals surface area (Å²) in [5, 5.41) is 0. The van der Waals surface area contributed by atoms with E-state index in [2.05, 4.69) is 50.2 Å². The molecule has 1 aliphatic rings. The Hall–Kier alpha value is -3.79. The van der Waals surface area contributed by atoms with Crippen LogP contribution in [0.15, 0.2) is 84.9 Å². The highest BCUT2D eigenvalue weighted by Gasteiger charge is 2.41. The molecule has 5 aromatic rings. The Kier molecular flexibility index (Phi) is 4.66. The Bertz CT molecular complexity index is 1530. The Morgan fingerprint density at radius 1 is 0.735 bits per heavy atom. The monoisotopic (exact) mass is 450 g/mol. The van der Waals surface area contributed by atoms with Crippen LogP contribution >= 0.6 is 0 Å². The van der Waals surface area contributed by atoms with Crippen molar-refractivity contribution in [2.24, 2.45) is 0 Å². The van der Waals surface area contributed by atoms with Gasteiger partial charge in [-0.25, -0.2) is 13.8 Å². The van der Waals surface area contributed by atoms with E-state index in [1.54, 1.807) is 0 Å². The second kappa shape index (κ2) is 7.63. The molecule has 0 saturated heterocycles. The standard InChI is InChI=1S/C30H24F2N2/c1-3-30(4-2)25-13-9-8-12-23(25)24-17-27-28(18-26(24)30)34(22-10-6-5-7-11-22)29(33-27)19-14-20(31)16-21(32)15-19/h5-18H,3-4H2,1-2H3. The molecule has 0 unspecified atom stereocenters. The fourth-order valence-corrected chi connectivity index (χ4v) is 5.75. The van der Waals surface area contributed by atoms with E-state index in [-0.39, 0.29) is 5.41 Å². The summed E-state index contributed by atoms with van der Waals surface area (Å²) >= 11 is 0. The van der Waals surface area contributed by atoms with Gasteiger partial charge in [0.2, 0.25) is 0 Å². The molecule has 0 saturated carbocycles. The number of imidazole rings is 1. The molecule has 0 bridgehead atoms. The van der Waals surface area contributed by atoms with E-state index < -0.39 is 11.6 Å². The lowest BCUT2D eigenvalue weighted by Crippen LogP contribution is -2.23. The second-order valence-electron chi connectivity index (χ2n) is 8.99. The van der Waals surface area contributed by atoms with Crippen molar-refractivity contribution in [3.05, 3.63) is 108 Å². The fraction of sp³-hybridized carbons (Fsp3) is 0.167. The predicted molar refractivity (Wildman–Crippen MR) is 133 cm³/mol. The van der Waals surface area contributed by atoms with Crippen LogP contribution in [0.25, 0.3) is 39.2 Å². The van der Waals surface area contributed by atoms with Crippen molar-refractivity contribution in [1.82, 2.24) is 9.55 Å². The number of rotatable bonds is 4. The molecule has 1 aromatic heterocycles. The van der Waals surface area contributed by atoms with E-state index in [1.807, 2.05) is 34.9 Å². The number of benzene rings is 4. The maximum absolute atomic E-state index is 14.2. The molecular formula is C30H24F2N2. The molecule has 1 heterocycles. The summed E-state index contributed by atoms with van der Waals surface area (Å²) in [6, 6.07) is 26.5. The summed E-state index contributed by atoms with van der Waals surface area (Å²) in [6.07, 6.45) is 1.97. The Balaban J connectivity index is 1.72. The smallest absolute Gasteiger partial charge is 0.145 e. The highest BCUT2D eigenvalue weighted by atomic mass is 19.1. The van der Waals surface area contributed by atoms with Crippen molar-refractivity contribution < 1.29 is 8.78 Å². The lowest BCUT2D eigenvalue weighted by molar-refractivity contribution is 0.491. The summed E-state index contributed by atoms with van der Waals surface area (Å²) in [5.74, 6) is -0.710. The minimum absolute atomic E-state index is 0.0724. The van der Waals surface area contributed by atoms with Crippen LogP contribution in [0, 0.1) is 11.6 Å². The zero-order chi connectivity index (χ0) is 23.4. The molecule has 0 atom stereocenters. The summed E-state index contributed by atoms with van der Waals surface area (Å²) in [5.41, 5.74) is 8.08. The van der Waals surface area contributed by atoms with Crippen LogP contribution in [0.5, 0.6) is 0 Å². The van der Waals surface area contributed by atoms with Crippen LogP contribution in [0.4, 0.5) is 8.78 Å². The molecule has 0 fully saturated rings. The van der Waals surface area contributed by atoms with E-state index in [9.17, 15) is 8.78 Å². The van der Waals surface area contributed by atoms with Crippen LogP contribution in [0.2, 0.25) is 0 Å². The van der Waals surface area contributed by atoms with Crippen LogP contribution in [-0.4, -0.2) is 9.55 Å². The predicted octanol–water partition coefficient (Wildman–Crippen LogP) is 8.06. The van der Waals surface area contributed by atoms with Crippen LogP contribution in [0.3, 0.4) is 0 Å².